The van der Waals surface area contributed by atoms with Crippen molar-refractivity contribution in [2.24, 2.45) is 0 Å². The highest BCUT2D eigenvalue weighted by atomic mass is 19.1. The Morgan fingerprint density at radius 3 is 2.85 bits per heavy atom. The summed E-state index contributed by atoms with van der Waals surface area (Å²) >= 11 is 0. The molecule has 1 heterocycles. The van der Waals surface area contributed by atoms with E-state index in [1.165, 1.54) is 12.1 Å². The first-order valence-electron chi connectivity index (χ1n) is 6.22. The van der Waals surface area contributed by atoms with E-state index in [2.05, 4.69) is 4.98 Å². The molecule has 0 radical (unpaired) electrons. The third-order valence-corrected chi connectivity index (χ3v) is 3.26. The minimum absolute atomic E-state index is 0.307. The predicted octanol–water partition coefficient (Wildman–Crippen LogP) is 2.81. The van der Waals surface area contributed by atoms with E-state index in [0.717, 1.165) is 11.3 Å². The van der Waals surface area contributed by atoms with E-state index < -0.39 is 0 Å². The van der Waals surface area contributed by atoms with E-state index in [1.807, 2.05) is 24.3 Å². The lowest BCUT2D eigenvalue weighted by Crippen LogP contribution is -2.05. The molecular formula is C15H14FN3O. The van der Waals surface area contributed by atoms with Crippen LogP contribution >= 0.6 is 0 Å². The first-order valence-corrected chi connectivity index (χ1v) is 6.22. The summed E-state index contributed by atoms with van der Waals surface area (Å²) < 4.78 is 20.5. The number of methoxy groups -OCH3 is 1. The molecule has 0 atom stereocenters. The number of hydrogen-bond acceptors (Lipinski definition) is 3. The van der Waals surface area contributed by atoms with Gasteiger partial charge in [0.25, 0.3) is 0 Å². The average Bonchev–Trinajstić information content (AvgIpc) is 2.76. The summed E-state index contributed by atoms with van der Waals surface area (Å²) in [6.45, 7) is 0.482. The van der Waals surface area contributed by atoms with E-state index in [1.54, 1.807) is 17.7 Å². The van der Waals surface area contributed by atoms with Gasteiger partial charge in [-0.2, -0.15) is 0 Å². The molecule has 2 N–H and O–H groups in total. The number of ether oxygens (including phenoxy) is 1. The van der Waals surface area contributed by atoms with E-state index in [9.17, 15) is 4.39 Å². The molecule has 0 bridgehead atoms. The van der Waals surface area contributed by atoms with Crippen LogP contribution in [-0.4, -0.2) is 16.7 Å². The zero-order valence-electron chi connectivity index (χ0n) is 11.0. The zero-order valence-corrected chi connectivity index (χ0v) is 11.0. The van der Waals surface area contributed by atoms with E-state index in [-0.39, 0.29) is 5.82 Å². The normalized spacial score (nSPS) is 10.9. The zero-order chi connectivity index (χ0) is 14.1. The predicted molar refractivity (Wildman–Crippen MR) is 76.2 cm³/mol. The Morgan fingerprint density at radius 1 is 1.25 bits per heavy atom. The molecule has 0 aliphatic heterocycles. The van der Waals surface area contributed by atoms with Gasteiger partial charge in [-0.15, -0.1) is 0 Å². The second-order valence-electron chi connectivity index (χ2n) is 4.50. The molecule has 0 aliphatic carbocycles. The fourth-order valence-corrected chi connectivity index (χ4v) is 2.28. The average molecular weight is 271 g/mol. The Kier molecular flexibility index (Phi) is 3.02. The highest BCUT2D eigenvalue weighted by molar-refractivity contribution is 5.78. The topological polar surface area (TPSA) is 53.1 Å². The Balaban J connectivity index is 2.10. The van der Waals surface area contributed by atoms with Crippen molar-refractivity contribution in [3.8, 4) is 5.75 Å². The summed E-state index contributed by atoms with van der Waals surface area (Å²) in [5, 5.41) is 0. The number of para-hydroxylation sites is 1. The molecule has 0 fully saturated rings. The first-order chi connectivity index (χ1) is 9.69. The number of nitrogens with zero attached hydrogens (tertiary/aromatic N) is 2. The van der Waals surface area contributed by atoms with Crippen LogP contribution in [-0.2, 0) is 6.54 Å². The molecule has 0 spiro atoms. The summed E-state index contributed by atoms with van der Waals surface area (Å²) in [4.78, 5) is 4.24. The van der Waals surface area contributed by atoms with Gasteiger partial charge >= 0.3 is 0 Å². The Bertz CT molecular complexity index is 767. The number of nitrogens with two attached hydrogens (primary N) is 1. The molecule has 3 aromatic rings. The number of anilines is 1. The van der Waals surface area contributed by atoms with Crippen molar-refractivity contribution in [2.75, 3.05) is 12.8 Å². The second-order valence-corrected chi connectivity index (χ2v) is 4.50. The summed E-state index contributed by atoms with van der Waals surface area (Å²) in [6, 6.07) is 12.1. The number of hydrogen-bond donors (Lipinski definition) is 1. The van der Waals surface area contributed by atoms with Crippen LogP contribution in [0.15, 0.2) is 42.5 Å². The molecule has 2 aromatic carbocycles. The molecule has 0 amide bonds. The number of imidazole rings is 1. The van der Waals surface area contributed by atoms with Crippen molar-refractivity contribution in [3.05, 3.63) is 53.8 Å². The molecule has 0 unspecified atom stereocenters. The van der Waals surface area contributed by atoms with E-state index >= 15 is 0 Å². The third-order valence-electron chi connectivity index (χ3n) is 3.26. The molecule has 4 nitrogen and oxygen atoms in total. The van der Waals surface area contributed by atoms with Gasteiger partial charge in [0.2, 0.25) is 5.95 Å². The largest absolute Gasteiger partial charge is 0.496 e. The molecule has 1 aromatic heterocycles. The third kappa shape index (κ3) is 2.07. The van der Waals surface area contributed by atoms with Gasteiger partial charge in [0.05, 0.1) is 24.7 Å². The lowest BCUT2D eigenvalue weighted by atomic mass is 10.2. The van der Waals surface area contributed by atoms with Crippen molar-refractivity contribution in [1.82, 2.24) is 9.55 Å². The highest BCUT2D eigenvalue weighted by Gasteiger charge is 2.11. The fourth-order valence-electron chi connectivity index (χ4n) is 2.28. The van der Waals surface area contributed by atoms with Crippen LogP contribution in [0, 0.1) is 5.82 Å². The van der Waals surface area contributed by atoms with Crippen LogP contribution in [0.1, 0.15) is 5.56 Å². The van der Waals surface area contributed by atoms with Crippen molar-refractivity contribution < 1.29 is 9.13 Å². The summed E-state index contributed by atoms with van der Waals surface area (Å²) in [5.74, 6) is 0.820. The number of nitrogen functional groups attached to an aromatic ring is 1. The summed E-state index contributed by atoms with van der Waals surface area (Å²) in [7, 11) is 1.62. The van der Waals surface area contributed by atoms with Crippen LogP contribution in [0.25, 0.3) is 11.0 Å². The van der Waals surface area contributed by atoms with Crippen molar-refractivity contribution in [1.29, 1.82) is 0 Å². The fraction of sp³-hybridized carbons (Fsp3) is 0.133. The van der Waals surface area contributed by atoms with E-state index in [0.29, 0.717) is 23.5 Å². The maximum absolute atomic E-state index is 13.4. The van der Waals surface area contributed by atoms with E-state index in [4.69, 9.17) is 10.5 Å². The number of fused-ring (bicyclic) bond motifs is 1. The highest BCUT2D eigenvalue weighted by Crippen LogP contribution is 2.24. The molecule has 0 aliphatic rings. The number of aromatic nitrogens is 2. The SMILES string of the molecule is COc1ccccc1Cn1c(N)nc2ccc(F)cc21. The van der Waals surface area contributed by atoms with Crippen LogP contribution < -0.4 is 10.5 Å². The Morgan fingerprint density at radius 2 is 2.05 bits per heavy atom. The van der Waals surface area contributed by atoms with Gasteiger partial charge in [-0.1, -0.05) is 18.2 Å². The maximum atomic E-state index is 13.4. The van der Waals surface area contributed by atoms with Crippen LogP contribution in [0.3, 0.4) is 0 Å². The Hall–Kier alpha value is -2.56. The lowest BCUT2D eigenvalue weighted by Gasteiger charge is -2.10. The maximum Gasteiger partial charge on any atom is 0.201 e. The minimum atomic E-state index is -0.307. The van der Waals surface area contributed by atoms with Crippen molar-refractivity contribution in [2.45, 2.75) is 6.54 Å². The monoisotopic (exact) mass is 271 g/mol. The van der Waals surface area contributed by atoms with Gasteiger partial charge in [0.15, 0.2) is 0 Å². The van der Waals surface area contributed by atoms with Crippen LogP contribution in [0.2, 0.25) is 0 Å². The number of benzene rings is 2. The van der Waals surface area contributed by atoms with Crippen LogP contribution in [0.5, 0.6) is 5.75 Å². The minimum Gasteiger partial charge on any atom is -0.496 e. The quantitative estimate of drug-likeness (QED) is 0.797. The van der Waals surface area contributed by atoms with Crippen molar-refractivity contribution >= 4 is 17.0 Å². The molecule has 3 rings (SSSR count). The van der Waals surface area contributed by atoms with Crippen LogP contribution in [0.4, 0.5) is 10.3 Å². The number of halogens is 1. The summed E-state index contributed by atoms with van der Waals surface area (Å²) in [6.07, 6.45) is 0. The molecule has 0 saturated carbocycles. The van der Waals surface area contributed by atoms with Gasteiger partial charge in [0.1, 0.15) is 11.6 Å². The molecular weight excluding hydrogens is 257 g/mol. The second kappa shape index (κ2) is 4.85. The molecule has 5 heteroatoms. The van der Waals surface area contributed by atoms with Gasteiger partial charge in [-0.25, -0.2) is 9.37 Å². The van der Waals surface area contributed by atoms with Crippen molar-refractivity contribution in [3.63, 3.8) is 0 Å². The lowest BCUT2D eigenvalue weighted by molar-refractivity contribution is 0.408. The molecule has 20 heavy (non-hydrogen) atoms. The van der Waals surface area contributed by atoms with Gasteiger partial charge in [0, 0.05) is 5.56 Å². The van der Waals surface area contributed by atoms with Gasteiger partial charge < -0.3 is 15.0 Å². The molecule has 0 saturated heterocycles. The van der Waals surface area contributed by atoms with Gasteiger partial charge in [-0.05, 0) is 24.3 Å². The molecule has 102 valence electrons. The van der Waals surface area contributed by atoms with Gasteiger partial charge in [-0.3, -0.25) is 0 Å². The number of rotatable bonds is 3. The smallest absolute Gasteiger partial charge is 0.201 e. The summed E-state index contributed by atoms with van der Waals surface area (Å²) in [5.41, 5.74) is 8.25. The first kappa shape index (κ1) is 12.5. The Labute approximate surface area is 115 Å². The standard InChI is InChI=1S/C15H14FN3O/c1-20-14-5-3-2-4-10(14)9-19-13-8-11(16)6-7-12(13)18-15(19)17/h2-8H,9H2,1H3,(H2,17,18).